The van der Waals surface area contributed by atoms with Gasteiger partial charge < -0.3 is 9.47 Å². The summed E-state index contributed by atoms with van der Waals surface area (Å²) in [7, 11) is 0. The van der Waals surface area contributed by atoms with E-state index < -0.39 is 0 Å². The molecule has 1 atom stereocenters. The van der Waals surface area contributed by atoms with E-state index in [0.717, 1.165) is 17.3 Å². The zero-order valence-corrected chi connectivity index (χ0v) is 13.9. The van der Waals surface area contributed by atoms with Crippen LogP contribution in [0.5, 0.6) is 0 Å². The molecule has 4 heteroatoms. The molecule has 0 N–H and O–H groups in total. The molecule has 1 aliphatic rings. The summed E-state index contributed by atoms with van der Waals surface area (Å²) in [5, 5.41) is 0. The van der Waals surface area contributed by atoms with E-state index in [1.54, 1.807) is 0 Å². The quantitative estimate of drug-likeness (QED) is 0.275. The summed E-state index contributed by atoms with van der Waals surface area (Å²) in [6, 6.07) is 0. The van der Waals surface area contributed by atoms with Crippen LogP contribution < -0.4 is 0 Å². The Labute approximate surface area is 125 Å². The van der Waals surface area contributed by atoms with Crippen molar-refractivity contribution in [3.8, 4) is 9.85 Å². The second kappa shape index (κ2) is 8.11. The van der Waals surface area contributed by atoms with Crippen molar-refractivity contribution in [2.75, 3.05) is 11.0 Å². The molecule has 0 heterocycles. The third-order valence-electron chi connectivity index (χ3n) is 2.77. The summed E-state index contributed by atoms with van der Waals surface area (Å²) in [4.78, 5) is 0. The molecule has 0 aromatic heterocycles. The maximum absolute atomic E-state index is 6.10. The lowest BCUT2D eigenvalue weighted by Crippen LogP contribution is -2.39. The number of ether oxygens (including phenoxy) is 2. The van der Waals surface area contributed by atoms with E-state index in [1.165, 1.54) is 19.3 Å². The lowest BCUT2D eigenvalue weighted by atomic mass is 9.85. The number of hydrogen-bond acceptors (Lipinski definition) is 2. The molecule has 1 fully saturated rings. The highest BCUT2D eigenvalue weighted by molar-refractivity contribution is 14.1. The molecule has 0 radical (unpaired) electrons. The Morgan fingerprint density at radius 2 is 2.00 bits per heavy atom. The van der Waals surface area contributed by atoms with Crippen LogP contribution in [0.2, 0.25) is 0 Å². The van der Waals surface area contributed by atoms with Gasteiger partial charge in [-0.15, -0.1) is 0 Å². The van der Waals surface area contributed by atoms with Gasteiger partial charge in [-0.2, -0.15) is 0 Å². The van der Waals surface area contributed by atoms with E-state index >= 15 is 0 Å². The molecular weight excluding hydrogens is 430 g/mol. The molecule has 2 nitrogen and oxygen atoms in total. The third-order valence-corrected chi connectivity index (χ3v) is 3.76. The minimum Gasteiger partial charge on any atom is -0.352 e. The first-order chi connectivity index (χ1) is 7.76. The predicted molar refractivity (Wildman–Crippen MR) is 83.0 cm³/mol. The van der Waals surface area contributed by atoms with Crippen LogP contribution in [0.15, 0.2) is 0 Å². The van der Waals surface area contributed by atoms with Gasteiger partial charge in [0.2, 0.25) is 0 Å². The van der Waals surface area contributed by atoms with E-state index in [4.69, 9.17) is 9.47 Å². The first kappa shape index (κ1) is 15.0. The first-order valence-corrected chi connectivity index (χ1v) is 8.35. The highest BCUT2D eigenvalue weighted by atomic mass is 127. The normalized spacial score (nSPS) is 20.9. The van der Waals surface area contributed by atoms with E-state index in [2.05, 4.69) is 55.0 Å². The molecule has 0 saturated heterocycles. The topological polar surface area (TPSA) is 18.5 Å². The largest absolute Gasteiger partial charge is 0.352 e. The number of halogens is 2. The fraction of sp³-hybridized carbons (Fsp3) is 0.833. The summed E-state index contributed by atoms with van der Waals surface area (Å²) in [5.74, 6) is 3.25. The molecule has 0 spiro atoms. The number of alkyl halides is 1. The highest BCUT2D eigenvalue weighted by Crippen LogP contribution is 2.32. The molecule has 0 aromatic rings. The van der Waals surface area contributed by atoms with Crippen molar-refractivity contribution in [3.05, 3.63) is 0 Å². The zero-order chi connectivity index (χ0) is 11.9. The Morgan fingerprint density at radius 3 is 2.50 bits per heavy atom. The van der Waals surface area contributed by atoms with Gasteiger partial charge in [0.15, 0.2) is 6.29 Å². The van der Waals surface area contributed by atoms with Crippen molar-refractivity contribution >= 4 is 45.2 Å². The number of hydrogen-bond donors (Lipinski definition) is 0. The Bertz CT molecular complexity index is 251. The molecule has 92 valence electrons. The Morgan fingerprint density at radius 1 is 1.31 bits per heavy atom. The Hall–Kier alpha value is 0.940. The van der Waals surface area contributed by atoms with Gasteiger partial charge in [0.05, 0.1) is 4.43 Å². The van der Waals surface area contributed by atoms with Crippen LogP contribution in [-0.2, 0) is 9.47 Å². The minimum atomic E-state index is -0.246. The summed E-state index contributed by atoms with van der Waals surface area (Å²) in [5.41, 5.74) is -0.246. The lowest BCUT2D eigenvalue weighted by Gasteiger charge is -2.35. The molecule has 0 aliphatic heterocycles. The fourth-order valence-corrected chi connectivity index (χ4v) is 2.95. The van der Waals surface area contributed by atoms with Crippen molar-refractivity contribution in [1.29, 1.82) is 0 Å². The predicted octanol–water partition coefficient (Wildman–Crippen LogP) is 3.90. The van der Waals surface area contributed by atoms with Crippen LogP contribution >= 0.6 is 45.2 Å². The van der Waals surface area contributed by atoms with E-state index in [-0.39, 0.29) is 11.9 Å². The Balaban J connectivity index is 2.63. The van der Waals surface area contributed by atoms with Gasteiger partial charge >= 0.3 is 0 Å². The third kappa shape index (κ3) is 4.67. The van der Waals surface area contributed by atoms with Crippen molar-refractivity contribution in [1.82, 2.24) is 0 Å². The first-order valence-electron chi connectivity index (χ1n) is 5.74. The summed E-state index contributed by atoms with van der Waals surface area (Å²) < 4.78 is 15.5. The molecule has 1 saturated carbocycles. The lowest BCUT2D eigenvalue weighted by molar-refractivity contribution is -0.184. The van der Waals surface area contributed by atoms with Crippen LogP contribution in [0.3, 0.4) is 0 Å². The average Bonchev–Trinajstić information content (AvgIpc) is 2.30. The highest BCUT2D eigenvalue weighted by Gasteiger charge is 2.33. The van der Waals surface area contributed by atoms with Gasteiger partial charge in [0.25, 0.3) is 0 Å². The second-order valence-corrected chi connectivity index (χ2v) is 5.35. The van der Waals surface area contributed by atoms with E-state index in [0.29, 0.717) is 6.61 Å². The van der Waals surface area contributed by atoms with Crippen LogP contribution in [-0.4, -0.2) is 22.9 Å². The Kier molecular flexibility index (Phi) is 7.61. The molecule has 1 rings (SSSR count). The van der Waals surface area contributed by atoms with Crippen LogP contribution in [0.25, 0.3) is 0 Å². The van der Waals surface area contributed by atoms with Crippen molar-refractivity contribution in [2.45, 2.75) is 50.9 Å². The molecule has 16 heavy (non-hydrogen) atoms. The van der Waals surface area contributed by atoms with Gasteiger partial charge in [0, 0.05) is 29.2 Å². The van der Waals surface area contributed by atoms with Crippen LogP contribution in [0.1, 0.15) is 39.0 Å². The maximum atomic E-state index is 6.10. The van der Waals surface area contributed by atoms with Crippen LogP contribution in [0.4, 0.5) is 0 Å². The van der Waals surface area contributed by atoms with Crippen molar-refractivity contribution in [3.63, 3.8) is 0 Å². The van der Waals surface area contributed by atoms with Gasteiger partial charge in [-0.05, 0) is 36.5 Å². The molecular formula is C12H18I2O2. The zero-order valence-electron chi connectivity index (χ0n) is 9.60. The summed E-state index contributed by atoms with van der Waals surface area (Å²) in [6.45, 7) is 2.70. The standard InChI is InChI=1S/C12H18I2O2/c1-2-15-11(10-14)16-12(8-9-13)6-4-3-5-7-12/h11H,2-7,10H2,1H3. The fourth-order valence-electron chi connectivity index (χ4n) is 2.03. The maximum Gasteiger partial charge on any atom is 0.168 e. The summed E-state index contributed by atoms with van der Waals surface area (Å²) >= 11 is 4.40. The molecule has 1 unspecified atom stereocenters. The molecule has 0 amide bonds. The molecule has 0 bridgehead atoms. The monoisotopic (exact) mass is 448 g/mol. The van der Waals surface area contributed by atoms with Gasteiger partial charge in [0.1, 0.15) is 5.60 Å². The smallest absolute Gasteiger partial charge is 0.168 e. The molecule has 0 aromatic carbocycles. The number of rotatable bonds is 5. The van der Waals surface area contributed by atoms with Gasteiger partial charge in [-0.1, -0.05) is 34.9 Å². The SMILES string of the molecule is CCOC(CI)OC1(C#CI)CCCCC1. The van der Waals surface area contributed by atoms with E-state index in [1.807, 2.05) is 6.92 Å². The van der Waals surface area contributed by atoms with Gasteiger partial charge in [-0.25, -0.2) is 0 Å². The van der Waals surface area contributed by atoms with Crippen LogP contribution in [0, 0.1) is 9.85 Å². The summed E-state index contributed by atoms with van der Waals surface area (Å²) in [6.07, 6.45) is 5.71. The minimum absolute atomic E-state index is 0.110. The average molecular weight is 448 g/mol. The van der Waals surface area contributed by atoms with Crippen molar-refractivity contribution < 1.29 is 9.47 Å². The van der Waals surface area contributed by atoms with Gasteiger partial charge in [-0.3, -0.25) is 0 Å². The second-order valence-electron chi connectivity index (χ2n) is 3.93. The van der Waals surface area contributed by atoms with E-state index in [9.17, 15) is 0 Å². The van der Waals surface area contributed by atoms with Crippen molar-refractivity contribution in [2.24, 2.45) is 0 Å². The molecule has 1 aliphatic carbocycles.